The third kappa shape index (κ3) is 7.60. The summed E-state index contributed by atoms with van der Waals surface area (Å²) in [7, 11) is -1.34. The Bertz CT molecular complexity index is 2770. The van der Waals surface area contributed by atoms with Gasteiger partial charge in [-0.2, -0.15) is 0 Å². The molecule has 0 aliphatic heterocycles. The molecule has 0 aliphatic carbocycles. The van der Waals surface area contributed by atoms with E-state index in [9.17, 15) is 0 Å². The number of aromatic nitrogens is 3. The van der Waals surface area contributed by atoms with Crippen LogP contribution >= 0.6 is 0 Å². The first kappa shape index (κ1) is 38.2. The van der Waals surface area contributed by atoms with Crippen LogP contribution in [0, 0.1) is 31.9 Å². The van der Waals surface area contributed by atoms with E-state index in [4.69, 9.17) is 9.40 Å². The van der Waals surface area contributed by atoms with Crippen molar-refractivity contribution in [3.63, 3.8) is 0 Å². The molecule has 6 heteroatoms. The van der Waals surface area contributed by atoms with Crippen LogP contribution in [0.25, 0.3) is 72.1 Å². The Balaban J connectivity index is 0.000000191. The van der Waals surface area contributed by atoms with Crippen LogP contribution in [-0.4, -0.2) is 22.6 Å². The minimum absolute atomic E-state index is 0. The summed E-state index contributed by atoms with van der Waals surface area (Å²) in [6, 6.07) is 48.7. The maximum absolute atomic E-state index is 6.05. The predicted octanol–water partition coefficient (Wildman–Crippen LogP) is 12.5. The van der Waals surface area contributed by atoms with E-state index in [1.165, 1.54) is 38.3 Å². The molecule has 0 saturated carbocycles. The largest absolute Gasteiger partial charge is 0.500 e. The van der Waals surface area contributed by atoms with E-state index in [2.05, 4.69) is 154 Å². The van der Waals surface area contributed by atoms with Gasteiger partial charge in [-0.1, -0.05) is 111 Å². The minimum Gasteiger partial charge on any atom is -0.500 e. The summed E-state index contributed by atoms with van der Waals surface area (Å²) in [6.07, 6.45) is 3.24. The summed E-state index contributed by atoms with van der Waals surface area (Å²) in [4.78, 5) is 9.85. The first-order chi connectivity index (χ1) is 26.0. The number of imidazole rings is 1. The molecule has 55 heavy (non-hydrogen) atoms. The van der Waals surface area contributed by atoms with Gasteiger partial charge in [-0.05, 0) is 77.2 Å². The molecule has 0 N–H and O–H groups in total. The number of para-hydroxylation sites is 2. The van der Waals surface area contributed by atoms with Crippen LogP contribution in [0.3, 0.4) is 0 Å². The van der Waals surface area contributed by atoms with Crippen molar-refractivity contribution in [2.45, 2.75) is 53.8 Å². The third-order valence-electron chi connectivity index (χ3n) is 10.1. The van der Waals surface area contributed by atoms with E-state index in [1.54, 1.807) is 0 Å². The first-order valence-corrected chi connectivity index (χ1v) is 22.3. The topological polar surface area (TPSA) is 43.9 Å². The van der Waals surface area contributed by atoms with Gasteiger partial charge >= 0.3 is 0 Å². The van der Waals surface area contributed by atoms with E-state index >= 15 is 0 Å². The number of aryl methyl sites for hydroxylation is 2. The number of benzene rings is 6. The van der Waals surface area contributed by atoms with Gasteiger partial charge in [0.25, 0.3) is 0 Å². The molecule has 0 aliphatic rings. The summed E-state index contributed by atoms with van der Waals surface area (Å²) in [5, 5.41) is 6.07. The van der Waals surface area contributed by atoms with Gasteiger partial charge < -0.3 is 14.0 Å². The molecule has 0 saturated heterocycles. The maximum atomic E-state index is 6.05. The summed E-state index contributed by atoms with van der Waals surface area (Å²) < 4.78 is 8.35. The fourth-order valence-electron chi connectivity index (χ4n) is 7.61. The number of hydrogen-bond acceptors (Lipinski definition) is 3. The first-order valence-electron chi connectivity index (χ1n) is 18.8. The second-order valence-electron chi connectivity index (χ2n) is 15.8. The van der Waals surface area contributed by atoms with E-state index in [0.29, 0.717) is 5.92 Å². The third-order valence-corrected chi connectivity index (χ3v) is 12.2. The molecule has 0 unspecified atom stereocenters. The molecule has 0 amide bonds. The van der Waals surface area contributed by atoms with E-state index in [1.807, 2.05) is 42.5 Å². The van der Waals surface area contributed by atoms with Crippen LogP contribution in [0.15, 0.2) is 132 Å². The van der Waals surface area contributed by atoms with Gasteiger partial charge in [0, 0.05) is 37.4 Å². The van der Waals surface area contributed by atoms with E-state index in [0.717, 1.165) is 62.0 Å². The molecule has 1 radical (unpaired) electrons. The quantitative estimate of drug-likeness (QED) is 0.123. The fraction of sp³-hybridized carbons (Fsp3) is 0.184. The van der Waals surface area contributed by atoms with Crippen LogP contribution in [0.5, 0.6) is 0 Å². The Morgan fingerprint density at radius 3 is 2.15 bits per heavy atom. The number of furan rings is 1. The van der Waals surface area contributed by atoms with Crippen LogP contribution in [0.2, 0.25) is 19.6 Å². The van der Waals surface area contributed by atoms with Crippen molar-refractivity contribution in [2.24, 2.45) is 5.92 Å². The van der Waals surface area contributed by atoms with Crippen molar-refractivity contribution >= 4 is 57.0 Å². The normalized spacial score (nSPS) is 11.6. The Labute approximate surface area is 338 Å². The molecule has 4 nitrogen and oxygen atoms in total. The smallest absolute Gasteiger partial charge is 0.120 e. The molecule has 0 spiro atoms. The predicted molar refractivity (Wildman–Crippen MR) is 230 cm³/mol. The van der Waals surface area contributed by atoms with Crippen LogP contribution in [-0.2, 0) is 26.5 Å². The van der Waals surface area contributed by atoms with Gasteiger partial charge in [-0.25, -0.2) is 0 Å². The molecule has 6 aromatic carbocycles. The minimum atomic E-state index is -1.34. The zero-order valence-electron chi connectivity index (χ0n) is 32.5. The average Bonchev–Trinajstić information content (AvgIpc) is 3.71. The standard InChI is InChI=1S/C31H21N2O.C18H24NSi.Ir/c1-19-8-7-9-20(2)30(19)33-27-18-22-11-4-3-10-21(22)17-26(27)32-31(33)23-14-15-29-25(16-23)24-12-5-6-13-28(24)34-29;1-14(2)11-16-12-17(15-9-7-6-8-10-15)19-13-18(16)20(3,4)5;/h3-13,15-18H,1-2H3;6-9,12-14H,11H2,1-5H3;/q2*-1;. The van der Waals surface area contributed by atoms with E-state index < -0.39 is 8.07 Å². The monoisotopic (exact) mass is 912 g/mol. The van der Waals surface area contributed by atoms with Gasteiger partial charge in [-0.15, -0.1) is 59.7 Å². The van der Waals surface area contributed by atoms with Gasteiger partial charge in [0.05, 0.1) is 30.5 Å². The van der Waals surface area contributed by atoms with Gasteiger partial charge in [-0.3, -0.25) is 4.98 Å². The summed E-state index contributed by atoms with van der Waals surface area (Å²) in [6.45, 7) is 16.1. The molecule has 3 aromatic heterocycles. The molecule has 0 bridgehead atoms. The molecule has 0 fully saturated rings. The molecule has 277 valence electrons. The van der Waals surface area contributed by atoms with Crippen molar-refractivity contribution in [2.75, 3.05) is 0 Å². The summed E-state index contributed by atoms with van der Waals surface area (Å²) >= 11 is 0. The summed E-state index contributed by atoms with van der Waals surface area (Å²) in [5.41, 5.74) is 11.9. The van der Waals surface area contributed by atoms with Gasteiger partial charge in [0.1, 0.15) is 5.58 Å². The zero-order valence-corrected chi connectivity index (χ0v) is 35.9. The Morgan fingerprint density at radius 2 is 1.44 bits per heavy atom. The van der Waals surface area contributed by atoms with Crippen molar-refractivity contribution in [1.82, 2.24) is 14.5 Å². The number of hydrogen-bond donors (Lipinski definition) is 0. The van der Waals surface area contributed by atoms with E-state index in [-0.39, 0.29) is 20.1 Å². The number of rotatable bonds is 6. The number of nitrogens with zero attached hydrogens (tertiary/aromatic N) is 3. The van der Waals surface area contributed by atoms with Crippen LogP contribution in [0.1, 0.15) is 30.5 Å². The number of pyridine rings is 1. The van der Waals surface area contributed by atoms with Gasteiger partial charge in [0.15, 0.2) is 0 Å². The second-order valence-corrected chi connectivity index (χ2v) is 20.8. The Kier molecular flexibility index (Phi) is 10.8. The molecule has 0 atom stereocenters. The van der Waals surface area contributed by atoms with Crippen molar-refractivity contribution in [3.05, 3.63) is 156 Å². The van der Waals surface area contributed by atoms with Crippen molar-refractivity contribution < 1.29 is 24.5 Å². The van der Waals surface area contributed by atoms with Gasteiger partial charge in [0.2, 0.25) is 0 Å². The summed E-state index contributed by atoms with van der Waals surface area (Å²) in [5.74, 6) is 1.55. The average molecular weight is 912 g/mol. The molecular formula is C49H45IrN3OSi-2. The Morgan fingerprint density at radius 1 is 0.727 bits per heavy atom. The number of fused-ring (bicyclic) bond motifs is 5. The SMILES string of the molecule is CC(C)Cc1cc(-c2[c-]cccc2)ncc1[Si](C)(C)C.Cc1cccc(C)c1-n1c(-c2[c-]cc3oc4ccccc4c3c2)nc2cc3ccccc3cc21.[Ir]. The molecule has 9 aromatic rings. The molecule has 9 rings (SSSR count). The zero-order chi connectivity index (χ0) is 37.6. The Hall–Kier alpha value is -5.13. The van der Waals surface area contributed by atoms with Crippen LogP contribution in [0.4, 0.5) is 0 Å². The van der Waals surface area contributed by atoms with Crippen LogP contribution < -0.4 is 5.19 Å². The molecule has 3 heterocycles. The second kappa shape index (κ2) is 15.5. The van der Waals surface area contributed by atoms with Crippen molar-refractivity contribution in [3.8, 4) is 28.3 Å². The molecular weight excluding hydrogens is 867 g/mol. The fourth-order valence-corrected chi connectivity index (χ4v) is 9.20. The maximum Gasteiger partial charge on any atom is 0.120 e. The van der Waals surface area contributed by atoms with Crippen molar-refractivity contribution in [1.29, 1.82) is 0 Å².